The Labute approximate surface area is 121 Å². The predicted octanol–water partition coefficient (Wildman–Crippen LogP) is 3.17. The Balaban J connectivity index is 2.16. The Morgan fingerprint density at radius 2 is 1.76 bits per heavy atom. The van der Waals surface area contributed by atoms with Crippen molar-refractivity contribution in [1.29, 1.82) is 0 Å². The zero-order valence-electron chi connectivity index (χ0n) is 11.6. The number of methoxy groups -OCH3 is 1. The second-order valence-corrected chi connectivity index (χ2v) is 4.46. The van der Waals surface area contributed by atoms with E-state index < -0.39 is 17.7 Å². The van der Waals surface area contributed by atoms with Crippen molar-refractivity contribution in [2.24, 2.45) is 0 Å². The molecule has 0 saturated carbocycles. The van der Waals surface area contributed by atoms with Gasteiger partial charge in [0, 0.05) is 5.69 Å². The first-order chi connectivity index (χ1) is 10.0. The lowest BCUT2D eigenvalue weighted by Crippen LogP contribution is -2.14. The number of carbonyl (C=O) groups excluding carboxylic acids is 2. The number of anilines is 1. The molecule has 0 aromatic heterocycles. The quantitative estimate of drug-likeness (QED) is 0.882. The van der Waals surface area contributed by atoms with E-state index in [0.717, 1.165) is 0 Å². The molecule has 2 aromatic carbocycles. The fourth-order valence-corrected chi connectivity index (χ4v) is 1.83. The highest BCUT2D eigenvalue weighted by Crippen LogP contribution is 2.15. The molecule has 0 aliphatic heterocycles. The summed E-state index contributed by atoms with van der Waals surface area (Å²) in [5, 5.41) is 2.58. The maximum absolute atomic E-state index is 13.8. The van der Waals surface area contributed by atoms with Gasteiger partial charge < -0.3 is 10.1 Å². The largest absolute Gasteiger partial charge is 0.465 e. The molecule has 0 aliphatic carbocycles. The van der Waals surface area contributed by atoms with Crippen LogP contribution in [0.3, 0.4) is 0 Å². The molecule has 2 rings (SSSR count). The summed E-state index contributed by atoms with van der Waals surface area (Å²) in [6.07, 6.45) is 0. The highest BCUT2D eigenvalue weighted by molar-refractivity contribution is 6.04. The molecule has 0 aliphatic rings. The molecule has 0 radical (unpaired) electrons. The van der Waals surface area contributed by atoms with Crippen LogP contribution in [0.1, 0.15) is 26.3 Å². The highest BCUT2D eigenvalue weighted by Gasteiger charge is 2.13. The van der Waals surface area contributed by atoms with E-state index in [2.05, 4.69) is 10.1 Å². The molecule has 21 heavy (non-hydrogen) atoms. The minimum atomic E-state index is -0.541. The molecule has 0 bridgehead atoms. The number of halogens is 1. The van der Waals surface area contributed by atoms with Crippen LogP contribution in [-0.2, 0) is 4.74 Å². The van der Waals surface area contributed by atoms with Gasteiger partial charge in [-0.25, -0.2) is 9.18 Å². The second kappa shape index (κ2) is 6.17. The summed E-state index contributed by atoms with van der Waals surface area (Å²) in [5.41, 5.74) is 1.22. The molecule has 0 heterocycles. The fourth-order valence-electron chi connectivity index (χ4n) is 1.83. The number of ether oxygens (including phenoxy) is 1. The van der Waals surface area contributed by atoms with E-state index in [9.17, 15) is 14.0 Å². The first-order valence-corrected chi connectivity index (χ1v) is 6.27. The Hall–Kier alpha value is -2.69. The van der Waals surface area contributed by atoms with Crippen molar-refractivity contribution >= 4 is 17.6 Å². The van der Waals surface area contributed by atoms with Gasteiger partial charge >= 0.3 is 5.97 Å². The van der Waals surface area contributed by atoms with Crippen LogP contribution in [0.25, 0.3) is 0 Å². The first kappa shape index (κ1) is 14.7. The monoisotopic (exact) mass is 287 g/mol. The lowest BCUT2D eigenvalue weighted by molar-refractivity contribution is 0.0600. The average molecular weight is 287 g/mol. The van der Waals surface area contributed by atoms with Gasteiger partial charge in [-0.15, -0.1) is 0 Å². The van der Waals surface area contributed by atoms with Gasteiger partial charge in [-0.2, -0.15) is 0 Å². The highest BCUT2D eigenvalue weighted by atomic mass is 19.1. The molecule has 108 valence electrons. The normalized spacial score (nSPS) is 10.0. The lowest BCUT2D eigenvalue weighted by atomic mass is 10.1. The van der Waals surface area contributed by atoms with Crippen LogP contribution < -0.4 is 5.32 Å². The summed E-state index contributed by atoms with van der Waals surface area (Å²) in [7, 11) is 1.29. The average Bonchev–Trinajstić information content (AvgIpc) is 2.50. The zero-order chi connectivity index (χ0) is 15.4. The summed E-state index contributed by atoms with van der Waals surface area (Å²) < 4.78 is 18.4. The van der Waals surface area contributed by atoms with E-state index in [1.807, 2.05) is 0 Å². The van der Waals surface area contributed by atoms with Crippen molar-refractivity contribution in [2.45, 2.75) is 6.92 Å². The molecule has 1 amide bonds. The number of aryl methyl sites for hydroxylation is 1. The molecule has 1 N–H and O–H groups in total. The number of nitrogens with one attached hydrogen (secondary N) is 1. The van der Waals surface area contributed by atoms with Crippen LogP contribution in [0.15, 0.2) is 42.5 Å². The van der Waals surface area contributed by atoms with Gasteiger partial charge in [0.15, 0.2) is 0 Å². The van der Waals surface area contributed by atoms with Gasteiger partial charge in [0.05, 0.1) is 18.2 Å². The third-order valence-corrected chi connectivity index (χ3v) is 3.00. The number of amides is 1. The predicted molar refractivity (Wildman–Crippen MR) is 76.9 cm³/mol. The van der Waals surface area contributed by atoms with E-state index >= 15 is 0 Å². The van der Waals surface area contributed by atoms with Crippen molar-refractivity contribution in [1.82, 2.24) is 0 Å². The smallest absolute Gasteiger partial charge is 0.337 e. The first-order valence-electron chi connectivity index (χ1n) is 6.27. The molecule has 2 aromatic rings. The number of hydrogen-bond donors (Lipinski definition) is 1. The van der Waals surface area contributed by atoms with Crippen LogP contribution in [0.5, 0.6) is 0 Å². The summed E-state index contributed by atoms with van der Waals surface area (Å²) in [5.74, 6) is -1.54. The van der Waals surface area contributed by atoms with Gasteiger partial charge in [0.2, 0.25) is 0 Å². The second-order valence-electron chi connectivity index (χ2n) is 4.46. The minimum Gasteiger partial charge on any atom is -0.465 e. The maximum atomic E-state index is 13.8. The van der Waals surface area contributed by atoms with Crippen molar-refractivity contribution in [2.75, 3.05) is 12.4 Å². The number of rotatable bonds is 3. The van der Waals surface area contributed by atoms with Crippen LogP contribution in [0.4, 0.5) is 10.1 Å². The number of carbonyl (C=O) groups is 2. The maximum Gasteiger partial charge on any atom is 0.337 e. The van der Waals surface area contributed by atoms with Crippen molar-refractivity contribution in [3.05, 3.63) is 65.0 Å². The van der Waals surface area contributed by atoms with Crippen LogP contribution in [0.2, 0.25) is 0 Å². The Morgan fingerprint density at radius 1 is 1.10 bits per heavy atom. The lowest BCUT2D eigenvalue weighted by Gasteiger charge is -2.08. The fraction of sp³-hybridized carbons (Fsp3) is 0.125. The third-order valence-electron chi connectivity index (χ3n) is 3.00. The number of esters is 1. The summed E-state index contributed by atoms with van der Waals surface area (Å²) >= 11 is 0. The Morgan fingerprint density at radius 3 is 2.38 bits per heavy atom. The molecule has 5 heteroatoms. The van der Waals surface area contributed by atoms with E-state index in [1.54, 1.807) is 31.2 Å². The van der Waals surface area contributed by atoms with Crippen LogP contribution in [-0.4, -0.2) is 19.0 Å². The van der Waals surface area contributed by atoms with Crippen molar-refractivity contribution < 1.29 is 18.7 Å². The van der Waals surface area contributed by atoms with E-state index in [1.165, 1.54) is 25.3 Å². The van der Waals surface area contributed by atoms with Crippen LogP contribution >= 0.6 is 0 Å². The SMILES string of the molecule is COC(=O)c1ccc(NC(=O)c2cccc(C)c2F)cc1. The van der Waals surface area contributed by atoms with Crippen molar-refractivity contribution in [3.63, 3.8) is 0 Å². The molecular formula is C16H14FNO3. The number of hydrogen-bond acceptors (Lipinski definition) is 3. The molecule has 4 nitrogen and oxygen atoms in total. The molecule has 0 atom stereocenters. The topological polar surface area (TPSA) is 55.4 Å². The zero-order valence-corrected chi connectivity index (χ0v) is 11.6. The Bertz CT molecular complexity index is 680. The van der Waals surface area contributed by atoms with E-state index in [0.29, 0.717) is 16.8 Å². The van der Waals surface area contributed by atoms with E-state index in [4.69, 9.17) is 0 Å². The van der Waals surface area contributed by atoms with Gasteiger partial charge in [-0.05, 0) is 42.8 Å². The number of benzene rings is 2. The van der Waals surface area contributed by atoms with Crippen LogP contribution in [0, 0.1) is 12.7 Å². The molecular weight excluding hydrogens is 273 g/mol. The van der Waals surface area contributed by atoms with Gasteiger partial charge in [-0.1, -0.05) is 12.1 Å². The molecule has 0 spiro atoms. The molecule has 0 fully saturated rings. The molecule has 0 unspecified atom stereocenters. The van der Waals surface area contributed by atoms with Gasteiger partial charge in [0.1, 0.15) is 5.82 Å². The van der Waals surface area contributed by atoms with E-state index in [-0.39, 0.29) is 5.56 Å². The third kappa shape index (κ3) is 3.25. The molecule has 0 saturated heterocycles. The van der Waals surface area contributed by atoms with Gasteiger partial charge in [0.25, 0.3) is 5.91 Å². The summed E-state index contributed by atoms with van der Waals surface area (Å²) in [6, 6.07) is 10.8. The van der Waals surface area contributed by atoms with Gasteiger partial charge in [-0.3, -0.25) is 4.79 Å². The van der Waals surface area contributed by atoms with Crippen molar-refractivity contribution in [3.8, 4) is 0 Å². The summed E-state index contributed by atoms with van der Waals surface area (Å²) in [6.45, 7) is 1.59. The Kier molecular flexibility index (Phi) is 4.33. The summed E-state index contributed by atoms with van der Waals surface area (Å²) in [4.78, 5) is 23.3. The minimum absolute atomic E-state index is 0.0213. The standard InChI is InChI=1S/C16H14FNO3/c1-10-4-3-5-13(14(10)17)15(19)18-12-8-6-11(7-9-12)16(20)21-2/h3-9H,1-2H3,(H,18,19).